The molecule has 6 aromatic rings. The largest absolute Gasteiger partial charge is 0.330 e. The van der Waals surface area contributed by atoms with Gasteiger partial charge in [0.15, 0.2) is 0 Å². The Hall–Kier alpha value is -5.57. The fourth-order valence-electron chi connectivity index (χ4n) is 6.73. The van der Waals surface area contributed by atoms with Crippen LogP contribution in [0.25, 0.3) is 49.3 Å². The first-order valence-corrected chi connectivity index (χ1v) is 12.9. The minimum Gasteiger partial charge on any atom is -0.330 e. The number of hydrogen-bond donors (Lipinski definition) is 0. The van der Waals surface area contributed by atoms with Crippen molar-refractivity contribution in [3.8, 4) is 18.2 Å². The van der Waals surface area contributed by atoms with Gasteiger partial charge in [0.05, 0.1) is 45.9 Å². The molecular formula is C34H19N5. The molecule has 0 aliphatic heterocycles. The Kier molecular flexibility index (Phi) is 4.13. The van der Waals surface area contributed by atoms with Crippen molar-refractivity contribution in [3.05, 3.63) is 114 Å². The van der Waals surface area contributed by atoms with E-state index >= 15 is 0 Å². The lowest BCUT2D eigenvalue weighted by Gasteiger charge is -2.24. The smallest absolute Gasteiger partial charge is 0.0991 e. The normalized spacial score (nSPS) is 19.8. The number of fused-ring (bicyclic) bond motifs is 7. The number of hydrogen-bond acceptors (Lipinski definition) is 3. The van der Waals surface area contributed by atoms with Crippen LogP contribution in [0.2, 0.25) is 0 Å². The predicted molar refractivity (Wildman–Crippen MR) is 152 cm³/mol. The van der Waals surface area contributed by atoms with Gasteiger partial charge in [0.2, 0.25) is 0 Å². The zero-order valence-electron chi connectivity index (χ0n) is 20.8. The van der Waals surface area contributed by atoms with Crippen LogP contribution < -0.4 is 0 Å². The summed E-state index contributed by atoms with van der Waals surface area (Å²) < 4.78 is 4.61. The highest BCUT2D eigenvalue weighted by atomic mass is 15.1. The van der Waals surface area contributed by atoms with Gasteiger partial charge in [-0.2, -0.15) is 15.8 Å². The topological polar surface area (TPSA) is 81.2 Å². The van der Waals surface area contributed by atoms with Gasteiger partial charge in [-0.15, -0.1) is 0 Å². The molecule has 180 valence electrons. The fourth-order valence-corrected chi connectivity index (χ4v) is 6.73. The maximum absolute atomic E-state index is 10.3. The third-order valence-corrected chi connectivity index (χ3v) is 8.46. The number of aromatic nitrogens is 2. The molecule has 4 aromatic carbocycles. The zero-order chi connectivity index (χ0) is 26.3. The standard InChI is InChI=1S/C34H19N5/c35-18-21-9-11-31-27(13-21)25-5-1-3-7-30(25)38(31)24-15-23(20-37)29-17-34(29,16-24)39-32-8-4-2-6-26(32)28-14-22(19-36)10-12-33(28)39/h1-16,29H,17H2. The average molecular weight is 498 g/mol. The van der Waals surface area contributed by atoms with Crippen LogP contribution in [0.3, 0.4) is 0 Å². The first kappa shape index (κ1) is 21.5. The van der Waals surface area contributed by atoms with Crippen molar-refractivity contribution in [1.82, 2.24) is 9.13 Å². The summed E-state index contributed by atoms with van der Waals surface area (Å²) in [5.74, 6) is 0.0826. The minimum atomic E-state index is -0.394. The second kappa shape index (κ2) is 7.48. The molecule has 1 saturated carbocycles. The zero-order valence-corrected chi connectivity index (χ0v) is 20.8. The number of nitrogens with zero attached hydrogens (tertiary/aromatic N) is 5. The van der Waals surface area contributed by atoms with Crippen molar-refractivity contribution in [2.45, 2.75) is 12.0 Å². The molecule has 0 spiro atoms. The van der Waals surface area contributed by atoms with Crippen molar-refractivity contribution >= 4 is 49.3 Å². The van der Waals surface area contributed by atoms with E-state index in [0.29, 0.717) is 11.1 Å². The summed E-state index contributed by atoms with van der Waals surface area (Å²) in [5, 5.41) is 33.6. The maximum atomic E-state index is 10.3. The lowest BCUT2D eigenvalue weighted by atomic mass is 9.98. The Morgan fingerprint density at radius 1 is 0.641 bits per heavy atom. The molecule has 2 unspecified atom stereocenters. The Morgan fingerprint density at radius 2 is 1.21 bits per heavy atom. The van der Waals surface area contributed by atoms with Crippen molar-refractivity contribution in [3.63, 3.8) is 0 Å². The van der Waals surface area contributed by atoms with Gasteiger partial charge in [-0.3, -0.25) is 0 Å². The summed E-state index contributed by atoms with van der Waals surface area (Å²) in [6.07, 6.45) is 5.19. The second-order valence-electron chi connectivity index (χ2n) is 10.4. The Bertz CT molecular complexity index is 2250. The monoisotopic (exact) mass is 497 g/mol. The molecular weight excluding hydrogens is 478 g/mol. The number of para-hydroxylation sites is 2. The van der Waals surface area contributed by atoms with Crippen LogP contribution in [0.1, 0.15) is 17.5 Å². The molecule has 8 rings (SSSR count). The summed E-state index contributed by atoms with van der Waals surface area (Å²) in [6, 6.07) is 35.3. The van der Waals surface area contributed by atoms with Crippen molar-refractivity contribution in [1.29, 1.82) is 15.8 Å². The molecule has 2 atom stereocenters. The van der Waals surface area contributed by atoms with Gasteiger partial charge < -0.3 is 9.13 Å². The van der Waals surface area contributed by atoms with Crippen LogP contribution in [0.15, 0.2) is 103 Å². The highest BCUT2D eigenvalue weighted by Gasteiger charge is 2.59. The van der Waals surface area contributed by atoms with E-state index < -0.39 is 5.54 Å². The summed E-state index contributed by atoms with van der Waals surface area (Å²) in [7, 11) is 0. The van der Waals surface area contributed by atoms with Gasteiger partial charge in [-0.1, -0.05) is 36.4 Å². The maximum Gasteiger partial charge on any atom is 0.0991 e. The Balaban J connectivity index is 1.45. The molecule has 5 nitrogen and oxygen atoms in total. The Labute approximate surface area is 223 Å². The first-order chi connectivity index (χ1) is 19.2. The molecule has 2 aromatic heterocycles. The van der Waals surface area contributed by atoms with Gasteiger partial charge in [-0.05, 0) is 67.1 Å². The lowest BCUT2D eigenvalue weighted by molar-refractivity contribution is 0.594. The molecule has 39 heavy (non-hydrogen) atoms. The predicted octanol–water partition coefficient (Wildman–Crippen LogP) is 7.37. The average Bonchev–Trinajstić information content (AvgIpc) is 3.50. The molecule has 0 saturated heterocycles. The fraction of sp³-hybridized carbons (Fsp3) is 0.0882. The van der Waals surface area contributed by atoms with Gasteiger partial charge in [-0.25, -0.2) is 0 Å². The van der Waals surface area contributed by atoms with Crippen LogP contribution in [-0.4, -0.2) is 9.13 Å². The van der Waals surface area contributed by atoms with E-state index in [2.05, 4.69) is 57.7 Å². The van der Waals surface area contributed by atoms with E-state index in [-0.39, 0.29) is 5.92 Å². The highest BCUT2D eigenvalue weighted by molar-refractivity contribution is 6.11. The van der Waals surface area contributed by atoms with E-state index in [1.807, 2.05) is 66.7 Å². The summed E-state index contributed by atoms with van der Waals surface area (Å²) >= 11 is 0. The lowest BCUT2D eigenvalue weighted by Crippen LogP contribution is -2.21. The first-order valence-electron chi connectivity index (χ1n) is 12.9. The third kappa shape index (κ3) is 2.75. The molecule has 2 aliphatic rings. The van der Waals surface area contributed by atoms with Crippen LogP contribution in [0, 0.1) is 39.9 Å². The van der Waals surface area contributed by atoms with Crippen LogP contribution >= 0.6 is 0 Å². The number of nitriles is 3. The molecule has 0 amide bonds. The molecule has 1 fully saturated rings. The van der Waals surface area contributed by atoms with Crippen molar-refractivity contribution in [2.75, 3.05) is 0 Å². The molecule has 5 heteroatoms. The van der Waals surface area contributed by atoms with Gasteiger partial charge in [0.25, 0.3) is 0 Å². The van der Waals surface area contributed by atoms with E-state index in [1.165, 1.54) is 0 Å². The van der Waals surface area contributed by atoms with E-state index in [4.69, 9.17) is 0 Å². The van der Waals surface area contributed by atoms with E-state index in [1.54, 1.807) is 0 Å². The third-order valence-electron chi connectivity index (χ3n) is 8.46. The minimum absolute atomic E-state index is 0.0826. The van der Waals surface area contributed by atoms with E-state index in [0.717, 1.165) is 61.3 Å². The summed E-state index contributed by atoms with van der Waals surface area (Å²) in [4.78, 5) is 0. The SMILES string of the molecule is N#CC1=CC(n2c3ccccc3c3cc(C#N)ccc32)=CC2(n3c4ccccc4c4cc(C#N)ccc43)CC12. The number of rotatable bonds is 2. The molecule has 0 bridgehead atoms. The van der Waals surface area contributed by atoms with Crippen LogP contribution in [0.5, 0.6) is 0 Å². The van der Waals surface area contributed by atoms with Crippen LogP contribution in [-0.2, 0) is 5.54 Å². The van der Waals surface area contributed by atoms with Gasteiger partial charge in [0, 0.05) is 49.8 Å². The number of allylic oxidation sites excluding steroid dienone is 4. The summed E-state index contributed by atoms with van der Waals surface area (Å²) in [5.41, 5.74) is 6.79. The highest BCUT2D eigenvalue weighted by Crippen LogP contribution is 2.61. The number of benzene rings is 4. The van der Waals surface area contributed by atoms with Crippen molar-refractivity contribution < 1.29 is 0 Å². The van der Waals surface area contributed by atoms with E-state index in [9.17, 15) is 15.8 Å². The summed E-state index contributed by atoms with van der Waals surface area (Å²) in [6.45, 7) is 0. The molecule has 0 N–H and O–H groups in total. The van der Waals surface area contributed by atoms with Gasteiger partial charge in [0.1, 0.15) is 0 Å². The second-order valence-corrected chi connectivity index (χ2v) is 10.4. The molecule has 0 radical (unpaired) electrons. The molecule has 2 heterocycles. The van der Waals surface area contributed by atoms with Crippen LogP contribution in [0.4, 0.5) is 0 Å². The Morgan fingerprint density at radius 3 is 1.90 bits per heavy atom. The molecule has 2 aliphatic carbocycles. The van der Waals surface area contributed by atoms with Gasteiger partial charge >= 0.3 is 0 Å². The quantitative estimate of drug-likeness (QED) is 0.250. The van der Waals surface area contributed by atoms with Crippen molar-refractivity contribution in [2.24, 2.45) is 5.92 Å².